The molecule has 0 fully saturated rings. The molecule has 4 nitrogen and oxygen atoms in total. The lowest BCUT2D eigenvalue weighted by molar-refractivity contribution is -0.115. The number of amides is 1. The van der Waals surface area contributed by atoms with Crippen LogP contribution in [0, 0.1) is 0 Å². The molecule has 2 N–H and O–H groups in total. The number of anilines is 1. The maximum Gasteiger partial charge on any atom is 0.226 e. The lowest BCUT2D eigenvalue weighted by atomic mass is 10.3. The molecule has 100 valence electrons. The Labute approximate surface area is 117 Å². The van der Waals surface area contributed by atoms with Crippen LogP contribution in [0.5, 0.6) is 0 Å². The highest BCUT2D eigenvalue weighted by Crippen LogP contribution is 2.18. The highest BCUT2D eigenvalue weighted by Gasteiger charge is 2.05. The van der Waals surface area contributed by atoms with Gasteiger partial charge in [-0.2, -0.15) is 5.10 Å². The van der Waals surface area contributed by atoms with Crippen LogP contribution in [0.25, 0.3) is 0 Å². The Bertz CT molecular complexity index is 524. The molecule has 1 aromatic carbocycles. The molecule has 19 heavy (non-hydrogen) atoms. The first-order valence-corrected chi connectivity index (χ1v) is 7.28. The molecule has 0 saturated carbocycles. The minimum Gasteiger partial charge on any atom is -0.309 e. The summed E-state index contributed by atoms with van der Waals surface area (Å²) in [7, 11) is 0. The fourth-order valence-electron chi connectivity index (χ4n) is 1.59. The molecule has 2 aromatic rings. The zero-order valence-electron chi connectivity index (χ0n) is 10.8. The van der Waals surface area contributed by atoms with E-state index in [1.165, 1.54) is 4.90 Å². The second kappa shape index (κ2) is 6.99. The van der Waals surface area contributed by atoms with Gasteiger partial charge < -0.3 is 5.32 Å². The molecule has 0 radical (unpaired) electrons. The van der Waals surface area contributed by atoms with Crippen molar-refractivity contribution < 1.29 is 4.79 Å². The molecular weight excluding hydrogens is 258 g/mol. The van der Waals surface area contributed by atoms with Crippen molar-refractivity contribution in [1.82, 2.24) is 10.2 Å². The van der Waals surface area contributed by atoms with Crippen LogP contribution in [0.3, 0.4) is 0 Å². The standard InChI is InChI=1S/C14H17N3OS/c1-2-11-10-13(17-16-11)15-14(18)8-9-19-12-6-4-3-5-7-12/h3-7,10H,2,8-9H2,1H3,(H2,15,16,17,18). The Morgan fingerprint density at radius 1 is 1.37 bits per heavy atom. The molecule has 0 atom stereocenters. The maximum atomic E-state index is 11.7. The van der Waals surface area contributed by atoms with Crippen molar-refractivity contribution in [3.05, 3.63) is 42.1 Å². The number of thioether (sulfide) groups is 1. The van der Waals surface area contributed by atoms with E-state index in [-0.39, 0.29) is 5.91 Å². The number of rotatable bonds is 6. The van der Waals surface area contributed by atoms with Crippen LogP contribution in [0.1, 0.15) is 19.0 Å². The summed E-state index contributed by atoms with van der Waals surface area (Å²) in [6.07, 6.45) is 1.36. The van der Waals surface area contributed by atoms with Gasteiger partial charge in [0.15, 0.2) is 5.82 Å². The summed E-state index contributed by atoms with van der Waals surface area (Å²) in [6, 6.07) is 11.9. The first-order chi connectivity index (χ1) is 9.28. The SMILES string of the molecule is CCc1cc(NC(=O)CCSc2ccccc2)n[nH]1. The van der Waals surface area contributed by atoms with Crippen molar-refractivity contribution >= 4 is 23.5 Å². The Kier molecular flexibility index (Phi) is 5.03. The fraction of sp³-hybridized carbons (Fsp3) is 0.286. The van der Waals surface area contributed by atoms with Crippen LogP contribution < -0.4 is 5.32 Å². The van der Waals surface area contributed by atoms with Gasteiger partial charge >= 0.3 is 0 Å². The summed E-state index contributed by atoms with van der Waals surface area (Å²) >= 11 is 1.68. The van der Waals surface area contributed by atoms with E-state index in [1.54, 1.807) is 11.8 Å². The van der Waals surface area contributed by atoms with Crippen LogP contribution in [-0.2, 0) is 11.2 Å². The van der Waals surface area contributed by atoms with Gasteiger partial charge in [-0.25, -0.2) is 0 Å². The van der Waals surface area contributed by atoms with Gasteiger partial charge in [-0.1, -0.05) is 25.1 Å². The first-order valence-electron chi connectivity index (χ1n) is 6.30. The Morgan fingerprint density at radius 2 is 2.16 bits per heavy atom. The molecule has 0 saturated heterocycles. The first kappa shape index (κ1) is 13.7. The van der Waals surface area contributed by atoms with Gasteiger partial charge in [0.1, 0.15) is 0 Å². The molecule has 0 aliphatic heterocycles. The van der Waals surface area contributed by atoms with Crippen LogP contribution >= 0.6 is 11.8 Å². The van der Waals surface area contributed by atoms with Crippen molar-refractivity contribution in [2.75, 3.05) is 11.1 Å². The highest BCUT2D eigenvalue weighted by atomic mass is 32.2. The Balaban J connectivity index is 1.73. The lowest BCUT2D eigenvalue weighted by Crippen LogP contribution is -2.12. The predicted molar refractivity (Wildman–Crippen MR) is 78.4 cm³/mol. The van der Waals surface area contributed by atoms with E-state index in [2.05, 4.69) is 15.5 Å². The molecule has 1 heterocycles. The van der Waals surface area contributed by atoms with Gasteiger partial charge in [0.2, 0.25) is 5.91 Å². The minimum absolute atomic E-state index is 0.00224. The maximum absolute atomic E-state index is 11.7. The number of carbonyl (C=O) groups is 1. The van der Waals surface area contributed by atoms with Crippen molar-refractivity contribution in [2.24, 2.45) is 0 Å². The molecule has 1 amide bonds. The largest absolute Gasteiger partial charge is 0.309 e. The number of nitrogens with one attached hydrogen (secondary N) is 2. The van der Waals surface area contributed by atoms with E-state index in [0.29, 0.717) is 12.2 Å². The number of carbonyl (C=O) groups excluding carboxylic acids is 1. The third-order valence-electron chi connectivity index (χ3n) is 2.62. The molecule has 0 spiro atoms. The van der Waals surface area contributed by atoms with E-state index >= 15 is 0 Å². The quantitative estimate of drug-likeness (QED) is 0.796. The number of nitrogens with zero attached hydrogens (tertiary/aromatic N) is 1. The summed E-state index contributed by atoms with van der Waals surface area (Å²) in [5.74, 6) is 1.37. The molecule has 5 heteroatoms. The summed E-state index contributed by atoms with van der Waals surface area (Å²) in [5.41, 5.74) is 1.02. The van der Waals surface area contributed by atoms with Crippen LogP contribution in [-0.4, -0.2) is 21.9 Å². The van der Waals surface area contributed by atoms with E-state index in [1.807, 2.05) is 43.3 Å². The van der Waals surface area contributed by atoms with Gasteiger partial charge in [-0.05, 0) is 18.6 Å². The molecular formula is C14H17N3OS. The molecule has 1 aromatic heterocycles. The van der Waals surface area contributed by atoms with E-state index in [4.69, 9.17) is 0 Å². The second-order valence-corrected chi connectivity index (χ2v) is 5.26. The zero-order chi connectivity index (χ0) is 13.5. The zero-order valence-corrected chi connectivity index (χ0v) is 11.7. The van der Waals surface area contributed by atoms with E-state index in [0.717, 1.165) is 17.9 Å². The third-order valence-corrected chi connectivity index (χ3v) is 3.63. The number of hydrogen-bond acceptors (Lipinski definition) is 3. The number of aromatic nitrogens is 2. The van der Waals surface area contributed by atoms with Crippen molar-refractivity contribution in [2.45, 2.75) is 24.7 Å². The number of aromatic amines is 1. The molecule has 0 bridgehead atoms. The number of aryl methyl sites for hydroxylation is 1. The van der Waals surface area contributed by atoms with Crippen molar-refractivity contribution in [1.29, 1.82) is 0 Å². The van der Waals surface area contributed by atoms with Gasteiger partial charge in [-0.15, -0.1) is 11.8 Å². The number of H-pyrrole nitrogens is 1. The van der Waals surface area contributed by atoms with Crippen molar-refractivity contribution in [3.8, 4) is 0 Å². The third kappa shape index (κ3) is 4.44. The van der Waals surface area contributed by atoms with Crippen LogP contribution in [0.4, 0.5) is 5.82 Å². The Hall–Kier alpha value is -1.75. The summed E-state index contributed by atoms with van der Waals surface area (Å²) in [5, 5.41) is 9.69. The predicted octanol–water partition coefficient (Wildman–Crippen LogP) is 3.09. The number of benzene rings is 1. The Morgan fingerprint density at radius 3 is 2.84 bits per heavy atom. The molecule has 0 unspecified atom stereocenters. The fourth-order valence-corrected chi connectivity index (χ4v) is 2.46. The number of hydrogen-bond donors (Lipinski definition) is 2. The van der Waals surface area contributed by atoms with Gasteiger partial charge in [0, 0.05) is 28.8 Å². The average molecular weight is 275 g/mol. The van der Waals surface area contributed by atoms with Gasteiger partial charge in [0.25, 0.3) is 0 Å². The monoisotopic (exact) mass is 275 g/mol. The minimum atomic E-state index is -0.00224. The average Bonchev–Trinajstić information content (AvgIpc) is 2.87. The van der Waals surface area contributed by atoms with Crippen molar-refractivity contribution in [3.63, 3.8) is 0 Å². The molecule has 0 aliphatic carbocycles. The summed E-state index contributed by atoms with van der Waals surface area (Å²) in [6.45, 7) is 2.04. The highest BCUT2D eigenvalue weighted by molar-refractivity contribution is 7.99. The normalized spacial score (nSPS) is 10.4. The van der Waals surface area contributed by atoms with Crippen LogP contribution in [0.15, 0.2) is 41.3 Å². The molecule has 2 rings (SSSR count). The lowest BCUT2D eigenvalue weighted by Gasteiger charge is -2.02. The van der Waals surface area contributed by atoms with E-state index in [9.17, 15) is 4.79 Å². The second-order valence-electron chi connectivity index (χ2n) is 4.09. The topological polar surface area (TPSA) is 57.8 Å². The summed E-state index contributed by atoms with van der Waals surface area (Å²) < 4.78 is 0. The van der Waals surface area contributed by atoms with Crippen LogP contribution in [0.2, 0.25) is 0 Å². The molecule has 0 aliphatic rings. The summed E-state index contributed by atoms with van der Waals surface area (Å²) in [4.78, 5) is 12.9. The van der Waals surface area contributed by atoms with E-state index < -0.39 is 0 Å². The van der Waals surface area contributed by atoms with Gasteiger partial charge in [-0.3, -0.25) is 9.89 Å². The smallest absolute Gasteiger partial charge is 0.226 e. The van der Waals surface area contributed by atoms with Gasteiger partial charge in [0.05, 0.1) is 0 Å².